The fraction of sp³-hybridized carbons (Fsp3) is 0.413. The maximum Gasteiger partial charge on any atom is 0.234 e. The molecule has 0 radical (unpaired) electrons. The van der Waals surface area contributed by atoms with E-state index in [1.807, 2.05) is 62.1 Å². The van der Waals surface area contributed by atoms with Gasteiger partial charge in [0.05, 0.1) is 44.5 Å². The van der Waals surface area contributed by atoms with Crippen LogP contribution in [0.1, 0.15) is 82.7 Å². The lowest BCUT2D eigenvalue weighted by molar-refractivity contribution is -0.137. The van der Waals surface area contributed by atoms with Crippen LogP contribution < -0.4 is 25.0 Å². The number of benzene rings is 2. The van der Waals surface area contributed by atoms with Gasteiger partial charge in [-0.05, 0) is 61.2 Å². The number of amides is 3. The number of pyridine rings is 1. The molecule has 3 amide bonds. The van der Waals surface area contributed by atoms with Crippen LogP contribution in [0.2, 0.25) is 0 Å². The summed E-state index contributed by atoms with van der Waals surface area (Å²) in [5.74, 6) is -0.0146. The third kappa shape index (κ3) is 10.2. The van der Waals surface area contributed by atoms with Crippen molar-refractivity contribution in [2.45, 2.75) is 83.7 Å². The number of hydrogen-bond donors (Lipinski definition) is 3. The molecule has 64 heavy (non-hydrogen) atoms. The Labute approximate surface area is 376 Å². The van der Waals surface area contributed by atoms with Gasteiger partial charge in [0.15, 0.2) is 5.82 Å². The first-order chi connectivity index (χ1) is 30.6. The summed E-state index contributed by atoms with van der Waals surface area (Å²) in [5, 5.41) is 6.44. The minimum absolute atomic E-state index is 0.0753. The summed E-state index contributed by atoms with van der Waals surface area (Å²) in [4.78, 5) is 60.9. The van der Waals surface area contributed by atoms with Gasteiger partial charge in [-0.2, -0.15) is 0 Å². The molecular weight excluding hydrogens is 858 g/mol. The fourth-order valence-corrected chi connectivity index (χ4v) is 10.5. The molecule has 8 rings (SSSR count). The SMILES string of the molecule is CCCS(=O)(=O)Nc1cccc(-c2nc(C(C)(C)C)sc2-c2ccnc(Nc3cccc(OC4CCN(C(=O)[C@@H]5CCN(c6ccc(C7CCC(=O)NC7=O)cn6)C5)CC4)c3)n2)c1F. The number of nitrogens with zero attached hydrogens (tertiary/aromatic N) is 6. The number of aromatic nitrogens is 4. The molecule has 0 spiro atoms. The first kappa shape index (κ1) is 44.6. The molecule has 0 aliphatic carbocycles. The van der Waals surface area contributed by atoms with Gasteiger partial charge in [-0.15, -0.1) is 11.3 Å². The number of imide groups is 1. The van der Waals surface area contributed by atoms with Crippen molar-refractivity contribution in [1.29, 1.82) is 0 Å². The maximum atomic E-state index is 16.1. The van der Waals surface area contributed by atoms with E-state index in [9.17, 15) is 22.8 Å². The largest absolute Gasteiger partial charge is 0.490 e. The lowest BCUT2D eigenvalue weighted by atomic mass is 9.92. The highest BCUT2D eigenvalue weighted by atomic mass is 32.2. The zero-order chi connectivity index (χ0) is 45.2. The molecule has 15 nitrogen and oxygen atoms in total. The van der Waals surface area contributed by atoms with Crippen LogP contribution >= 0.6 is 11.3 Å². The molecule has 0 saturated carbocycles. The highest BCUT2D eigenvalue weighted by Gasteiger charge is 2.35. The Bertz CT molecular complexity index is 2650. The van der Waals surface area contributed by atoms with E-state index in [4.69, 9.17) is 14.7 Å². The fourth-order valence-electron chi connectivity index (χ4n) is 8.22. The number of piperidine rings is 2. The number of nitrogens with one attached hydrogen (secondary N) is 3. The number of carbonyl (C=O) groups excluding carboxylic acids is 3. The van der Waals surface area contributed by atoms with Crippen molar-refractivity contribution in [3.63, 3.8) is 0 Å². The number of rotatable bonds is 13. The van der Waals surface area contributed by atoms with Crippen LogP contribution in [0.3, 0.4) is 0 Å². The molecule has 3 saturated heterocycles. The summed E-state index contributed by atoms with van der Waals surface area (Å²) < 4.78 is 50.0. The highest BCUT2D eigenvalue weighted by Crippen LogP contribution is 2.42. The van der Waals surface area contributed by atoms with Gasteiger partial charge < -0.3 is 19.9 Å². The Morgan fingerprint density at radius 1 is 0.984 bits per heavy atom. The second-order valence-corrected chi connectivity index (χ2v) is 20.3. The minimum Gasteiger partial charge on any atom is -0.490 e. The van der Waals surface area contributed by atoms with Gasteiger partial charge in [-0.3, -0.25) is 24.4 Å². The van der Waals surface area contributed by atoms with E-state index < -0.39 is 15.8 Å². The molecule has 3 aromatic heterocycles. The van der Waals surface area contributed by atoms with E-state index in [1.54, 1.807) is 37.5 Å². The van der Waals surface area contributed by atoms with Crippen molar-refractivity contribution in [2.75, 3.05) is 46.9 Å². The van der Waals surface area contributed by atoms with Crippen molar-refractivity contribution < 1.29 is 31.9 Å². The van der Waals surface area contributed by atoms with Crippen LogP contribution in [0.15, 0.2) is 73.1 Å². The number of halogens is 1. The molecule has 0 bridgehead atoms. The predicted molar refractivity (Wildman–Crippen MR) is 245 cm³/mol. The van der Waals surface area contributed by atoms with Crippen molar-refractivity contribution in [2.24, 2.45) is 5.92 Å². The summed E-state index contributed by atoms with van der Waals surface area (Å²) in [6, 6.07) is 17.6. The van der Waals surface area contributed by atoms with Crippen molar-refractivity contribution in [1.82, 2.24) is 30.2 Å². The Kier molecular flexibility index (Phi) is 13.0. The average molecular weight is 910 g/mol. The van der Waals surface area contributed by atoms with Crippen LogP contribution in [0, 0.1) is 11.7 Å². The van der Waals surface area contributed by atoms with E-state index in [0.717, 1.165) is 22.8 Å². The standard InChI is InChI=1S/C46H52FN9O6S2/c1-5-24-64(60,61)54-35-11-7-10-34(39(35)47)40-41(63-44(53-40)46(2,3)4)36-16-20-48-45(51-36)50-30-8-6-9-32(25-30)62-31-18-22-55(23-19-31)43(59)29-17-21-56(27-29)37-14-12-28(26-49-37)33-13-15-38(57)52-42(33)58/h6-12,14,16,20,25-26,29,31,33,54H,5,13,15,17-19,21-24,27H2,1-4H3,(H,48,50,51)(H,52,57,58)/t29-,33?/m1/s1. The quantitative estimate of drug-likeness (QED) is 0.0995. The number of thiazole rings is 1. The molecular formula is C46H52FN9O6S2. The first-order valence-corrected chi connectivity index (χ1v) is 24.1. The molecule has 1 unspecified atom stereocenters. The Morgan fingerprint density at radius 3 is 2.52 bits per heavy atom. The monoisotopic (exact) mass is 909 g/mol. The molecule has 2 atom stereocenters. The van der Waals surface area contributed by atoms with Gasteiger partial charge in [0.2, 0.25) is 33.7 Å². The summed E-state index contributed by atoms with van der Waals surface area (Å²) >= 11 is 1.40. The molecule has 5 aromatic rings. The first-order valence-electron chi connectivity index (χ1n) is 21.7. The normalized spacial score (nSPS) is 18.5. The molecule has 3 N–H and O–H groups in total. The van der Waals surface area contributed by atoms with Crippen LogP contribution in [-0.4, -0.2) is 89.0 Å². The number of likely N-dealkylation sites (tertiary alicyclic amines) is 1. The number of hydrogen-bond acceptors (Lipinski definition) is 13. The van der Waals surface area contributed by atoms with E-state index >= 15 is 4.39 Å². The third-order valence-corrected chi connectivity index (χ3v) is 14.5. The van der Waals surface area contributed by atoms with Gasteiger partial charge in [-0.25, -0.2) is 32.7 Å². The van der Waals surface area contributed by atoms with E-state index in [0.29, 0.717) is 91.9 Å². The van der Waals surface area contributed by atoms with E-state index in [-0.39, 0.29) is 58.1 Å². The van der Waals surface area contributed by atoms with E-state index in [1.165, 1.54) is 17.4 Å². The molecule has 2 aromatic carbocycles. The minimum atomic E-state index is -3.73. The maximum absolute atomic E-state index is 16.1. The summed E-state index contributed by atoms with van der Waals surface area (Å²) in [6.45, 7) is 10.3. The average Bonchev–Trinajstić information content (AvgIpc) is 3.94. The predicted octanol–water partition coefficient (Wildman–Crippen LogP) is 7.41. The van der Waals surface area contributed by atoms with Crippen LogP contribution in [-0.2, 0) is 29.8 Å². The van der Waals surface area contributed by atoms with Gasteiger partial charge >= 0.3 is 0 Å². The van der Waals surface area contributed by atoms with Gasteiger partial charge in [-0.1, -0.05) is 45.9 Å². The molecule has 6 heterocycles. The third-order valence-electron chi connectivity index (χ3n) is 11.6. The Morgan fingerprint density at radius 2 is 1.78 bits per heavy atom. The smallest absolute Gasteiger partial charge is 0.234 e. The lowest BCUT2D eigenvalue weighted by Gasteiger charge is -2.33. The summed E-state index contributed by atoms with van der Waals surface area (Å²) in [7, 11) is -3.73. The molecule has 336 valence electrons. The van der Waals surface area contributed by atoms with E-state index in [2.05, 4.69) is 30.2 Å². The molecule has 18 heteroatoms. The summed E-state index contributed by atoms with van der Waals surface area (Å²) in [6.07, 6.45) is 6.54. The number of anilines is 4. The second kappa shape index (κ2) is 18.6. The lowest BCUT2D eigenvalue weighted by Crippen LogP contribution is -2.44. The zero-order valence-electron chi connectivity index (χ0n) is 36.3. The van der Waals surface area contributed by atoms with Gasteiger partial charge in [0, 0.05) is 80.6 Å². The van der Waals surface area contributed by atoms with Crippen LogP contribution in [0.5, 0.6) is 5.75 Å². The van der Waals surface area contributed by atoms with Crippen molar-refractivity contribution in [3.05, 3.63) is 89.4 Å². The number of carbonyl (C=O) groups is 3. The van der Waals surface area contributed by atoms with Crippen LogP contribution in [0.4, 0.5) is 27.5 Å². The highest BCUT2D eigenvalue weighted by molar-refractivity contribution is 7.92. The Balaban J connectivity index is 0.881. The Hall–Kier alpha value is -6.01. The topological polar surface area (TPSA) is 189 Å². The summed E-state index contributed by atoms with van der Waals surface area (Å²) in [5.41, 5.74) is 2.01. The number of sulfonamides is 1. The number of ether oxygens (including phenoxy) is 1. The van der Waals surface area contributed by atoms with Gasteiger partial charge in [0.1, 0.15) is 17.7 Å². The molecule has 3 fully saturated rings. The molecule has 3 aliphatic heterocycles. The zero-order valence-corrected chi connectivity index (χ0v) is 37.9. The van der Waals surface area contributed by atoms with Crippen LogP contribution in [0.25, 0.3) is 21.8 Å². The second-order valence-electron chi connectivity index (χ2n) is 17.5. The molecule has 3 aliphatic rings. The van der Waals surface area contributed by atoms with Gasteiger partial charge in [0.25, 0.3) is 0 Å². The van der Waals surface area contributed by atoms with Crippen molar-refractivity contribution in [3.8, 4) is 27.6 Å². The van der Waals surface area contributed by atoms with Crippen molar-refractivity contribution >= 4 is 62.2 Å².